The van der Waals surface area contributed by atoms with E-state index in [1.54, 1.807) is 0 Å². The van der Waals surface area contributed by atoms with Crippen molar-refractivity contribution < 1.29 is 19.5 Å². The molecule has 7 heteroatoms. The molecule has 21 heavy (non-hydrogen) atoms. The summed E-state index contributed by atoms with van der Waals surface area (Å²) in [6.45, 7) is 3.54. The number of hydrogen-bond acceptors (Lipinski definition) is 4. The molecule has 6 nitrogen and oxygen atoms in total. The molecule has 3 N–H and O–H groups in total. The fourth-order valence-corrected chi connectivity index (χ4v) is 2.45. The first-order chi connectivity index (χ1) is 9.88. The Morgan fingerprint density at radius 2 is 2.00 bits per heavy atom. The Morgan fingerprint density at radius 3 is 2.52 bits per heavy atom. The minimum atomic E-state index is -1.07. The van der Waals surface area contributed by atoms with Crippen molar-refractivity contribution in [1.29, 1.82) is 0 Å². The third-order valence-corrected chi connectivity index (χ3v) is 3.58. The van der Waals surface area contributed by atoms with E-state index >= 15 is 0 Å². The highest BCUT2D eigenvalue weighted by atomic mass is 32.1. The van der Waals surface area contributed by atoms with Crippen molar-refractivity contribution in [3.63, 3.8) is 0 Å². The first-order valence-electron chi connectivity index (χ1n) is 6.69. The molecule has 1 heterocycles. The van der Waals surface area contributed by atoms with Gasteiger partial charge in [-0.15, -0.1) is 11.3 Å². The number of aliphatic carboxylic acids is 1. The monoisotopic (exact) mass is 312 g/mol. The average molecular weight is 312 g/mol. The van der Waals surface area contributed by atoms with Crippen molar-refractivity contribution in [2.45, 2.75) is 32.7 Å². The van der Waals surface area contributed by atoms with Crippen LogP contribution in [0.25, 0.3) is 0 Å². The van der Waals surface area contributed by atoms with E-state index in [1.807, 2.05) is 31.4 Å². The van der Waals surface area contributed by atoms with Crippen LogP contribution in [0, 0.1) is 5.92 Å². The summed E-state index contributed by atoms with van der Waals surface area (Å²) in [6.07, 6.45) is 0.573. The van der Waals surface area contributed by atoms with Crippen molar-refractivity contribution in [2.75, 3.05) is 6.54 Å². The van der Waals surface area contributed by atoms with E-state index in [9.17, 15) is 14.4 Å². The Bertz CT molecular complexity index is 485. The molecule has 0 unspecified atom stereocenters. The van der Waals surface area contributed by atoms with Crippen LogP contribution in [0.2, 0.25) is 0 Å². The first-order valence-corrected chi connectivity index (χ1v) is 7.57. The molecular weight excluding hydrogens is 292 g/mol. The van der Waals surface area contributed by atoms with E-state index in [-0.39, 0.29) is 24.8 Å². The Kier molecular flexibility index (Phi) is 6.87. The van der Waals surface area contributed by atoms with Gasteiger partial charge in [-0.25, -0.2) is 4.79 Å². The fraction of sp³-hybridized carbons (Fsp3) is 0.500. The van der Waals surface area contributed by atoms with Crippen LogP contribution >= 0.6 is 11.3 Å². The molecule has 1 aromatic rings. The molecule has 0 bridgehead atoms. The predicted molar refractivity (Wildman–Crippen MR) is 80.1 cm³/mol. The first kappa shape index (κ1) is 17.2. The number of thiophene rings is 1. The Balaban J connectivity index is 2.35. The van der Waals surface area contributed by atoms with Crippen LogP contribution in [0.5, 0.6) is 0 Å². The maximum Gasteiger partial charge on any atom is 0.326 e. The van der Waals surface area contributed by atoms with Crippen LogP contribution in [0.3, 0.4) is 0 Å². The molecule has 1 rings (SSSR count). The topological polar surface area (TPSA) is 95.5 Å². The Morgan fingerprint density at radius 1 is 1.29 bits per heavy atom. The van der Waals surface area contributed by atoms with E-state index in [2.05, 4.69) is 10.6 Å². The van der Waals surface area contributed by atoms with Crippen LogP contribution in [0.15, 0.2) is 17.5 Å². The van der Waals surface area contributed by atoms with Gasteiger partial charge < -0.3 is 15.7 Å². The molecule has 0 saturated carbocycles. The van der Waals surface area contributed by atoms with Gasteiger partial charge in [-0.2, -0.15) is 0 Å². The molecule has 1 atom stereocenters. The highest BCUT2D eigenvalue weighted by molar-refractivity contribution is 7.10. The highest BCUT2D eigenvalue weighted by Crippen LogP contribution is 2.08. The zero-order chi connectivity index (χ0) is 15.8. The number of hydrogen-bond donors (Lipinski definition) is 3. The van der Waals surface area contributed by atoms with E-state index in [0.29, 0.717) is 6.42 Å². The molecule has 0 radical (unpaired) electrons. The van der Waals surface area contributed by atoms with Gasteiger partial charge in [0.05, 0.1) is 13.0 Å². The van der Waals surface area contributed by atoms with Crippen molar-refractivity contribution >= 4 is 29.1 Å². The van der Waals surface area contributed by atoms with Gasteiger partial charge in [0.25, 0.3) is 0 Å². The van der Waals surface area contributed by atoms with Crippen LogP contribution in [0.1, 0.15) is 25.1 Å². The second kappa shape index (κ2) is 8.41. The molecule has 0 aliphatic carbocycles. The van der Waals surface area contributed by atoms with Crippen molar-refractivity contribution in [3.05, 3.63) is 22.4 Å². The van der Waals surface area contributed by atoms with E-state index in [1.165, 1.54) is 11.3 Å². The molecule has 0 aliphatic rings. The second-order valence-corrected chi connectivity index (χ2v) is 6.15. The molecule has 0 saturated heterocycles. The van der Waals surface area contributed by atoms with Gasteiger partial charge in [-0.3, -0.25) is 9.59 Å². The lowest BCUT2D eigenvalue weighted by molar-refractivity contribution is -0.142. The second-order valence-electron chi connectivity index (χ2n) is 5.12. The van der Waals surface area contributed by atoms with Crippen LogP contribution in [-0.4, -0.2) is 35.5 Å². The smallest absolute Gasteiger partial charge is 0.326 e. The number of nitrogens with one attached hydrogen (secondary N) is 2. The number of rotatable bonds is 8. The predicted octanol–water partition coefficient (Wildman–Crippen LogP) is 1.02. The van der Waals surface area contributed by atoms with Crippen LogP contribution in [0.4, 0.5) is 0 Å². The number of carboxylic acids is 1. The lowest BCUT2D eigenvalue weighted by Crippen LogP contribution is -2.46. The minimum Gasteiger partial charge on any atom is -0.480 e. The average Bonchev–Trinajstić information content (AvgIpc) is 2.87. The molecular formula is C14H20N2O4S. The number of carbonyl (C=O) groups excluding carboxylic acids is 2. The quantitative estimate of drug-likeness (QED) is 0.668. The standard InChI is InChI=1S/C14H20N2O4S/c1-9(2)6-11(14(19)20)16-13(18)8-15-12(17)7-10-4-3-5-21-10/h3-5,9,11H,6-8H2,1-2H3,(H,15,17)(H,16,18)(H,19,20)/t11-/m0/s1. The summed E-state index contributed by atoms with van der Waals surface area (Å²) in [6, 6.07) is 2.77. The summed E-state index contributed by atoms with van der Waals surface area (Å²) in [5, 5.41) is 15.8. The molecule has 0 aliphatic heterocycles. The summed E-state index contributed by atoms with van der Waals surface area (Å²) in [4.78, 5) is 35.2. The zero-order valence-electron chi connectivity index (χ0n) is 12.1. The van der Waals surface area contributed by atoms with Gasteiger partial charge in [-0.05, 0) is 23.8 Å². The van der Waals surface area contributed by atoms with Gasteiger partial charge in [0.1, 0.15) is 6.04 Å². The lowest BCUT2D eigenvalue weighted by Gasteiger charge is -2.16. The molecule has 0 aromatic carbocycles. The maximum atomic E-state index is 11.7. The van der Waals surface area contributed by atoms with E-state index in [0.717, 1.165) is 4.88 Å². The van der Waals surface area contributed by atoms with Gasteiger partial charge in [-0.1, -0.05) is 19.9 Å². The van der Waals surface area contributed by atoms with Crippen molar-refractivity contribution in [2.24, 2.45) is 5.92 Å². The van der Waals surface area contributed by atoms with E-state index in [4.69, 9.17) is 5.11 Å². The Labute approximate surface area is 127 Å². The minimum absolute atomic E-state index is 0.153. The maximum absolute atomic E-state index is 11.7. The summed E-state index contributed by atoms with van der Waals surface area (Å²) in [7, 11) is 0. The SMILES string of the molecule is CC(C)C[C@H](NC(=O)CNC(=O)Cc1cccs1)C(=O)O. The molecule has 0 fully saturated rings. The fourth-order valence-electron chi connectivity index (χ4n) is 1.75. The number of carbonyl (C=O) groups is 3. The Hall–Kier alpha value is -1.89. The number of carboxylic acid groups (broad SMARTS) is 1. The summed E-state index contributed by atoms with van der Waals surface area (Å²) < 4.78 is 0. The largest absolute Gasteiger partial charge is 0.480 e. The molecule has 0 spiro atoms. The highest BCUT2D eigenvalue weighted by Gasteiger charge is 2.21. The van der Waals surface area contributed by atoms with Crippen molar-refractivity contribution in [1.82, 2.24) is 10.6 Å². The zero-order valence-corrected chi connectivity index (χ0v) is 12.9. The van der Waals surface area contributed by atoms with Crippen molar-refractivity contribution in [3.8, 4) is 0 Å². The van der Waals surface area contributed by atoms with Gasteiger partial charge in [0.2, 0.25) is 11.8 Å². The molecule has 116 valence electrons. The molecule has 1 aromatic heterocycles. The van der Waals surface area contributed by atoms with Crippen LogP contribution < -0.4 is 10.6 Å². The third-order valence-electron chi connectivity index (χ3n) is 2.70. The number of amides is 2. The van der Waals surface area contributed by atoms with E-state index < -0.39 is 17.9 Å². The molecule has 2 amide bonds. The van der Waals surface area contributed by atoms with Gasteiger partial charge >= 0.3 is 5.97 Å². The lowest BCUT2D eigenvalue weighted by atomic mass is 10.0. The third kappa shape index (κ3) is 6.89. The van der Waals surface area contributed by atoms with Gasteiger partial charge in [0.15, 0.2) is 0 Å². The summed E-state index contributed by atoms with van der Waals surface area (Å²) in [5.74, 6) is -1.67. The summed E-state index contributed by atoms with van der Waals surface area (Å²) >= 11 is 1.47. The van der Waals surface area contributed by atoms with Crippen LogP contribution in [-0.2, 0) is 20.8 Å². The van der Waals surface area contributed by atoms with Gasteiger partial charge in [0, 0.05) is 4.88 Å². The normalized spacial score (nSPS) is 12.0. The summed E-state index contributed by atoms with van der Waals surface area (Å²) in [5.41, 5.74) is 0.